The van der Waals surface area contributed by atoms with Crippen molar-refractivity contribution in [3.63, 3.8) is 0 Å². The van der Waals surface area contributed by atoms with E-state index < -0.39 is 21.9 Å². The number of fused-ring (bicyclic) bond motifs is 1. The van der Waals surface area contributed by atoms with Gasteiger partial charge in [0, 0.05) is 18.5 Å². The van der Waals surface area contributed by atoms with Crippen LogP contribution in [0.2, 0.25) is 0 Å². The van der Waals surface area contributed by atoms with E-state index in [9.17, 15) is 20.0 Å². The van der Waals surface area contributed by atoms with Crippen LogP contribution in [0.25, 0.3) is 10.9 Å². The summed E-state index contributed by atoms with van der Waals surface area (Å²) in [5, 5.41) is 21.2. The molecule has 0 radical (unpaired) electrons. The highest BCUT2D eigenvalue weighted by atomic mass is 16.6. The average molecular weight is 326 g/mol. The second-order valence-electron chi connectivity index (χ2n) is 5.27. The van der Waals surface area contributed by atoms with Gasteiger partial charge in [0.15, 0.2) is 0 Å². The van der Waals surface area contributed by atoms with Gasteiger partial charge in [-0.05, 0) is 17.7 Å². The van der Waals surface area contributed by atoms with Crippen molar-refractivity contribution in [3.05, 3.63) is 74.6 Å². The van der Waals surface area contributed by atoms with Crippen LogP contribution in [0, 0.1) is 10.1 Å². The molecule has 0 fully saturated rings. The number of ether oxygens (including phenoxy) is 1. The molecule has 122 valence electrons. The minimum atomic E-state index is -0.878. The van der Waals surface area contributed by atoms with Crippen LogP contribution in [0.1, 0.15) is 5.56 Å². The molecule has 0 atom stereocenters. The van der Waals surface area contributed by atoms with Gasteiger partial charge in [-0.3, -0.25) is 14.9 Å². The second-order valence-corrected chi connectivity index (χ2v) is 5.27. The Bertz CT molecular complexity index is 980. The molecular formula is C17H14N2O5. The van der Waals surface area contributed by atoms with Gasteiger partial charge in [0.05, 0.1) is 10.4 Å². The summed E-state index contributed by atoms with van der Waals surface area (Å²) in [6.45, 7) is 0.346. The molecule has 0 saturated heterocycles. The third kappa shape index (κ3) is 2.67. The van der Waals surface area contributed by atoms with E-state index in [-0.39, 0.29) is 5.39 Å². The first-order valence-corrected chi connectivity index (χ1v) is 7.16. The van der Waals surface area contributed by atoms with Gasteiger partial charge in [-0.15, -0.1) is 0 Å². The van der Waals surface area contributed by atoms with Crippen molar-refractivity contribution in [2.75, 3.05) is 0 Å². The normalized spacial score (nSPS) is 10.7. The fraction of sp³-hybridized carbons (Fsp3) is 0.118. The van der Waals surface area contributed by atoms with Crippen LogP contribution in [0.15, 0.2) is 53.3 Å². The summed E-state index contributed by atoms with van der Waals surface area (Å²) in [6.07, 6.45) is 0. The van der Waals surface area contributed by atoms with Crippen LogP contribution in [-0.4, -0.2) is 14.6 Å². The number of pyridine rings is 1. The molecule has 0 aliphatic rings. The molecular weight excluding hydrogens is 312 g/mol. The smallest absolute Gasteiger partial charge is 0.375 e. The van der Waals surface area contributed by atoms with E-state index in [1.807, 2.05) is 30.3 Å². The number of nitrogens with zero attached hydrogens (tertiary/aromatic N) is 2. The van der Waals surface area contributed by atoms with Gasteiger partial charge in [-0.2, -0.15) is 0 Å². The molecule has 0 aliphatic heterocycles. The van der Waals surface area contributed by atoms with Crippen LogP contribution >= 0.6 is 0 Å². The van der Waals surface area contributed by atoms with Crippen molar-refractivity contribution >= 4 is 16.6 Å². The standard InChI is InChI=1S/C17H14N2O5/c1-18-14-9-12(24-10-11-5-3-2-4-6-11)7-8-13(14)16(20)15(17(18)21)19(22)23/h2-9,20H,10H2,1H3. The van der Waals surface area contributed by atoms with Gasteiger partial charge < -0.3 is 14.4 Å². The zero-order valence-electron chi connectivity index (χ0n) is 12.8. The van der Waals surface area contributed by atoms with Crippen molar-refractivity contribution in [1.29, 1.82) is 0 Å². The summed E-state index contributed by atoms with van der Waals surface area (Å²) in [4.78, 5) is 22.2. The highest BCUT2D eigenvalue weighted by Gasteiger charge is 2.24. The molecule has 0 saturated carbocycles. The summed E-state index contributed by atoms with van der Waals surface area (Å²) in [7, 11) is 1.41. The Morgan fingerprint density at radius 2 is 1.92 bits per heavy atom. The van der Waals surface area contributed by atoms with Crippen LogP contribution in [0.3, 0.4) is 0 Å². The zero-order chi connectivity index (χ0) is 17.3. The largest absolute Gasteiger partial charge is 0.501 e. The Labute approximate surface area is 136 Å². The molecule has 1 heterocycles. The first-order valence-electron chi connectivity index (χ1n) is 7.16. The van der Waals surface area contributed by atoms with Crippen molar-refractivity contribution in [2.24, 2.45) is 7.05 Å². The first kappa shape index (κ1) is 15.5. The fourth-order valence-corrected chi connectivity index (χ4v) is 2.48. The van der Waals surface area contributed by atoms with Crippen LogP contribution in [-0.2, 0) is 13.7 Å². The summed E-state index contributed by atoms with van der Waals surface area (Å²) in [5.41, 5.74) is -0.361. The third-order valence-electron chi connectivity index (χ3n) is 3.75. The Hall–Kier alpha value is -3.35. The highest BCUT2D eigenvalue weighted by Crippen LogP contribution is 2.32. The second kappa shape index (κ2) is 6.04. The molecule has 7 heteroatoms. The number of benzene rings is 2. The van der Waals surface area contributed by atoms with Gasteiger partial charge >= 0.3 is 11.2 Å². The lowest BCUT2D eigenvalue weighted by atomic mass is 10.1. The molecule has 2 aromatic carbocycles. The predicted molar refractivity (Wildman–Crippen MR) is 88.3 cm³/mol. The van der Waals surface area contributed by atoms with Crippen molar-refractivity contribution in [3.8, 4) is 11.5 Å². The van der Waals surface area contributed by atoms with Crippen LogP contribution < -0.4 is 10.3 Å². The van der Waals surface area contributed by atoms with Gasteiger partial charge in [0.2, 0.25) is 5.75 Å². The number of aromatic hydroxyl groups is 1. The Balaban J connectivity index is 2.02. The molecule has 0 spiro atoms. The lowest BCUT2D eigenvalue weighted by Gasteiger charge is -2.10. The van der Waals surface area contributed by atoms with E-state index in [0.29, 0.717) is 17.9 Å². The van der Waals surface area contributed by atoms with E-state index in [1.54, 1.807) is 12.1 Å². The number of rotatable bonds is 4. The topological polar surface area (TPSA) is 94.6 Å². The summed E-state index contributed by atoms with van der Waals surface area (Å²) < 4.78 is 6.81. The molecule has 0 unspecified atom stereocenters. The molecule has 3 aromatic rings. The predicted octanol–water partition coefficient (Wildman–Crippen LogP) is 2.73. The number of aryl methyl sites for hydroxylation is 1. The van der Waals surface area contributed by atoms with Crippen molar-refractivity contribution in [1.82, 2.24) is 4.57 Å². The maximum absolute atomic E-state index is 12.1. The number of aromatic nitrogens is 1. The maximum atomic E-state index is 12.1. The summed E-state index contributed by atoms with van der Waals surface area (Å²) in [6, 6.07) is 14.2. The van der Waals surface area contributed by atoms with E-state index in [1.165, 1.54) is 13.1 Å². The molecule has 1 aromatic heterocycles. The molecule has 3 rings (SSSR count). The summed E-state index contributed by atoms with van der Waals surface area (Å²) in [5.74, 6) is -0.137. The first-order chi connectivity index (χ1) is 11.5. The average Bonchev–Trinajstić information content (AvgIpc) is 2.58. The van der Waals surface area contributed by atoms with E-state index in [4.69, 9.17) is 4.74 Å². The molecule has 0 amide bonds. The molecule has 7 nitrogen and oxygen atoms in total. The SMILES string of the molecule is Cn1c(=O)c([N+](=O)[O-])c(O)c2ccc(OCc3ccccc3)cc21. The molecule has 24 heavy (non-hydrogen) atoms. The minimum absolute atomic E-state index is 0.218. The zero-order valence-corrected chi connectivity index (χ0v) is 12.8. The van der Waals surface area contributed by atoms with Crippen LogP contribution in [0.5, 0.6) is 11.5 Å². The quantitative estimate of drug-likeness (QED) is 0.587. The third-order valence-corrected chi connectivity index (χ3v) is 3.75. The molecule has 1 N–H and O–H groups in total. The van der Waals surface area contributed by atoms with Gasteiger partial charge in [0.25, 0.3) is 0 Å². The van der Waals surface area contributed by atoms with Crippen LogP contribution in [0.4, 0.5) is 5.69 Å². The van der Waals surface area contributed by atoms with Gasteiger partial charge in [-0.25, -0.2) is 0 Å². The maximum Gasteiger partial charge on any atom is 0.375 e. The fourth-order valence-electron chi connectivity index (χ4n) is 2.48. The van der Waals surface area contributed by atoms with E-state index in [0.717, 1.165) is 10.1 Å². The van der Waals surface area contributed by atoms with Gasteiger partial charge in [0.1, 0.15) is 12.4 Å². The molecule has 0 bridgehead atoms. The number of nitro groups is 1. The Morgan fingerprint density at radius 3 is 2.58 bits per heavy atom. The number of hydrogen-bond acceptors (Lipinski definition) is 5. The van der Waals surface area contributed by atoms with E-state index in [2.05, 4.69) is 0 Å². The number of hydrogen-bond donors (Lipinski definition) is 1. The van der Waals surface area contributed by atoms with E-state index >= 15 is 0 Å². The monoisotopic (exact) mass is 326 g/mol. The Kier molecular flexibility index (Phi) is 3.91. The lowest BCUT2D eigenvalue weighted by Crippen LogP contribution is -2.20. The molecule has 0 aliphatic carbocycles. The highest BCUT2D eigenvalue weighted by molar-refractivity contribution is 5.89. The summed E-state index contributed by atoms with van der Waals surface area (Å²) >= 11 is 0. The Morgan fingerprint density at radius 1 is 1.21 bits per heavy atom. The minimum Gasteiger partial charge on any atom is -0.501 e. The lowest BCUT2D eigenvalue weighted by molar-refractivity contribution is -0.387. The van der Waals surface area contributed by atoms with Crippen molar-refractivity contribution in [2.45, 2.75) is 6.61 Å². The van der Waals surface area contributed by atoms with Crippen molar-refractivity contribution < 1.29 is 14.8 Å². The van der Waals surface area contributed by atoms with Gasteiger partial charge in [-0.1, -0.05) is 30.3 Å².